The quantitative estimate of drug-likeness (QED) is 0.650. The van der Waals surface area contributed by atoms with E-state index in [1.54, 1.807) is 31.3 Å². The van der Waals surface area contributed by atoms with Crippen LogP contribution in [0.5, 0.6) is 5.75 Å². The van der Waals surface area contributed by atoms with Crippen LogP contribution in [0, 0.1) is 5.92 Å². The highest BCUT2D eigenvalue weighted by atomic mass is 16.5. The Hall–Kier alpha value is -2.08. The van der Waals surface area contributed by atoms with E-state index in [0.29, 0.717) is 6.42 Å². The van der Waals surface area contributed by atoms with Gasteiger partial charge in [-0.15, -0.1) is 0 Å². The first-order valence-electron chi connectivity index (χ1n) is 7.22. The molecule has 2 atom stereocenters. The monoisotopic (exact) mass is 308 g/mol. The second kappa shape index (κ2) is 8.38. The molecule has 6 heteroatoms. The Bertz CT molecular complexity index is 499. The number of likely N-dealkylation sites (N-methyl/N-ethyl adjacent to an activating group) is 1. The zero-order chi connectivity index (χ0) is 16.7. The van der Waals surface area contributed by atoms with Crippen LogP contribution in [0.1, 0.15) is 19.4 Å². The fraction of sp³-hybridized carbons (Fsp3) is 0.500. The number of nitrogens with one attached hydrogen (secondary N) is 2. The lowest BCUT2D eigenvalue weighted by molar-refractivity contribution is -0.143. The zero-order valence-electron chi connectivity index (χ0n) is 13.4. The summed E-state index contributed by atoms with van der Waals surface area (Å²) in [6.07, 6.45) is 0.368. The number of amides is 1. The number of hydrogen-bond donors (Lipinski definition) is 3. The number of hydrogen-bond acceptors (Lipinski definition) is 5. The topological polar surface area (TPSA) is 87.7 Å². The molecular formula is C16H24N2O4. The van der Waals surface area contributed by atoms with Gasteiger partial charge in [-0.25, -0.2) is 0 Å². The number of carbonyl (C=O) groups excluding carboxylic acids is 2. The molecule has 122 valence electrons. The molecule has 0 aromatic heterocycles. The minimum atomic E-state index is -0.640. The van der Waals surface area contributed by atoms with Gasteiger partial charge in [0.15, 0.2) is 0 Å². The summed E-state index contributed by atoms with van der Waals surface area (Å²) in [5.74, 6) is -0.416. The number of ether oxygens (including phenoxy) is 1. The summed E-state index contributed by atoms with van der Waals surface area (Å²) in [7, 11) is 2.88. The number of rotatable bonds is 7. The Morgan fingerprint density at radius 3 is 2.27 bits per heavy atom. The first-order chi connectivity index (χ1) is 10.4. The summed E-state index contributed by atoms with van der Waals surface area (Å²) in [6.45, 7) is 3.81. The van der Waals surface area contributed by atoms with Crippen molar-refractivity contribution in [1.82, 2.24) is 10.6 Å². The Morgan fingerprint density at radius 1 is 1.23 bits per heavy atom. The third kappa shape index (κ3) is 5.04. The van der Waals surface area contributed by atoms with Gasteiger partial charge in [-0.3, -0.25) is 14.9 Å². The lowest BCUT2D eigenvalue weighted by Gasteiger charge is -2.26. The van der Waals surface area contributed by atoms with E-state index in [9.17, 15) is 14.7 Å². The van der Waals surface area contributed by atoms with E-state index in [1.165, 1.54) is 7.11 Å². The van der Waals surface area contributed by atoms with Crippen molar-refractivity contribution in [2.45, 2.75) is 32.4 Å². The Morgan fingerprint density at radius 2 is 1.82 bits per heavy atom. The number of phenols is 1. The van der Waals surface area contributed by atoms with Gasteiger partial charge in [-0.05, 0) is 30.0 Å². The van der Waals surface area contributed by atoms with Gasteiger partial charge in [-0.2, -0.15) is 0 Å². The SMILES string of the molecule is CNC(=O)C(N[C@@H](Cc1ccc(O)cc1)C(=O)OC)C(C)C. The number of methoxy groups -OCH3 is 1. The fourth-order valence-corrected chi connectivity index (χ4v) is 2.16. The molecule has 0 saturated carbocycles. The molecule has 1 unspecified atom stereocenters. The van der Waals surface area contributed by atoms with Crippen LogP contribution in [0.4, 0.5) is 0 Å². The standard InChI is InChI=1S/C16H24N2O4/c1-10(2)14(15(20)17-3)18-13(16(21)22-4)9-11-5-7-12(19)8-6-11/h5-8,10,13-14,18-19H,9H2,1-4H3,(H,17,20)/t13-,14?/m0/s1. The van der Waals surface area contributed by atoms with Gasteiger partial charge >= 0.3 is 5.97 Å². The third-order valence-corrected chi connectivity index (χ3v) is 3.44. The normalized spacial score (nSPS) is 13.5. The van der Waals surface area contributed by atoms with Crippen molar-refractivity contribution in [3.05, 3.63) is 29.8 Å². The predicted octanol–water partition coefficient (Wildman–Crippen LogP) is 0.836. The van der Waals surface area contributed by atoms with Crippen LogP contribution in [0.15, 0.2) is 24.3 Å². The summed E-state index contributed by atoms with van der Waals surface area (Å²) in [4.78, 5) is 23.9. The molecule has 0 bridgehead atoms. The molecule has 0 aliphatic carbocycles. The van der Waals surface area contributed by atoms with Crippen LogP contribution in [-0.4, -0.2) is 43.2 Å². The van der Waals surface area contributed by atoms with Gasteiger partial charge in [0.05, 0.1) is 13.2 Å². The highest BCUT2D eigenvalue weighted by molar-refractivity contribution is 5.83. The number of esters is 1. The van der Waals surface area contributed by atoms with E-state index in [-0.39, 0.29) is 17.6 Å². The molecule has 0 fully saturated rings. The van der Waals surface area contributed by atoms with Crippen molar-refractivity contribution in [3.63, 3.8) is 0 Å². The molecule has 1 rings (SSSR count). The molecule has 1 amide bonds. The molecule has 1 aromatic rings. The smallest absolute Gasteiger partial charge is 0.323 e. The Balaban J connectivity index is 2.90. The molecule has 22 heavy (non-hydrogen) atoms. The van der Waals surface area contributed by atoms with E-state index < -0.39 is 18.1 Å². The van der Waals surface area contributed by atoms with Gasteiger partial charge < -0.3 is 15.2 Å². The second-order valence-electron chi connectivity index (χ2n) is 5.45. The molecule has 3 N–H and O–H groups in total. The van der Waals surface area contributed by atoms with Gasteiger partial charge in [0.25, 0.3) is 0 Å². The van der Waals surface area contributed by atoms with Crippen LogP contribution in [-0.2, 0) is 20.7 Å². The van der Waals surface area contributed by atoms with Crippen molar-refractivity contribution in [1.29, 1.82) is 0 Å². The Kier molecular flexibility index (Phi) is 6.85. The molecule has 0 spiro atoms. The van der Waals surface area contributed by atoms with Gasteiger partial charge in [0, 0.05) is 7.05 Å². The van der Waals surface area contributed by atoms with E-state index >= 15 is 0 Å². The Labute approximate surface area is 130 Å². The maximum atomic E-state index is 12.0. The third-order valence-electron chi connectivity index (χ3n) is 3.44. The first kappa shape index (κ1) is 18.0. The molecule has 6 nitrogen and oxygen atoms in total. The van der Waals surface area contributed by atoms with Crippen molar-refractivity contribution in [2.75, 3.05) is 14.2 Å². The number of phenolic OH excluding ortho intramolecular Hbond substituents is 1. The summed E-state index contributed by atoms with van der Waals surface area (Å²) in [6, 6.07) is 5.45. The summed E-state index contributed by atoms with van der Waals surface area (Å²) in [5.41, 5.74) is 0.861. The van der Waals surface area contributed by atoms with Crippen molar-refractivity contribution >= 4 is 11.9 Å². The second-order valence-corrected chi connectivity index (χ2v) is 5.45. The molecule has 0 radical (unpaired) electrons. The average molecular weight is 308 g/mol. The van der Waals surface area contributed by atoms with Crippen LogP contribution in [0.25, 0.3) is 0 Å². The van der Waals surface area contributed by atoms with Crippen molar-refractivity contribution in [2.24, 2.45) is 5.92 Å². The van der Waals surface area contributed by atoms with Crippen LogP contribution in [0.3, 0.4) is 0 Å². The van der Waals surface area contributed by atoms with E-state index in [4.69, 9.17) is 4.74 Å². The largest absolute Gasteiger partial charge is 0.508 e. The molecule has 1 aromatic carbocycles. The van der Waals surface area contributed by atoms with Crippen LogP contribution < -0.4 is 10.6 Å². The molecular weight excluding hydrogens is 284 g/mol. The van der Waals surface area contributed by atoms with E-state index in [2.05, 4.69) is 10.6 Å². The lowest BCUT2D eigenvalue weighted by Crippen LogP contribution is -2.53. The number of benzene rings is 1. The molecule has 0 heterocycles. The minimum absolute atomic E-state index is 0.0203. The summed E-state index contributed by atoms with van der Waals surface area (Å²) < 4.78 is 4.82. The molecule has 0 aliphatic heterocycles. The molecule has 0 aliphatic rings. The number of aromatic hydroxyl groups is 1. The van der Waals surface area contributed by atoms with Gasteiger partial charge in [0.2, 0.25) is 5.91 Å². The van der Waals surface area contributed by atoms with Gasteiger partial charge in [0.1, 0.15) is 11.8 Å². The highest BCUT2D eigenvalue weighted by Gasteiger charge is 2.28. The molecule has 0 saturated heterocycles. The zero-order valence-corrected chi connectivity index (χ0v) is 13.4. The van der Waals surface area contributed by atoms with E-state index in [1.807, 2.05) is 13.8 Å². The fourth-order valence-electron chi connectivity index (χ4n) is 2.16. The summed E-state index contributed by atoms with van der Waals surface area (Å²) in [5, 5.41) is 15.0. The maximum Gasteiger partial charge on any atom is 0.323 e. The van der Waals surface area contributed by atoms with E-state index in [0.717, 1.165) is 5.56 Å². The first-order valence-corrected chi connectivity index (χ1v) is 7.22. The van der Waals surface area contributed by atoms with Crippen LogP contribution >= 0.6 is 0 Å². The van der Waals surface area contributed by atoms with Crippen LogP contribution in [0.2, 0.25) is 0 Å². The van der Waals surface area contributed by atoms with Crippen molar-refractivity contribution < 1.29 is 19.4 Å². The van der Waals surface area contributed by atoms with Crippen molar-refractivity contribution in [3.8, 4) is 5.75 Å². The van der Waals surface area contributed by atoms with Gasteiger partial charge in [-0.1, -0.05) is 26.0 Å². The maximum absolute atomic E-state index is 12.0. The minimum Gasteiger partial charge on any atom is -0.508 e. The number of carbonyl (C=O) groups is 2. The predicted molar refractivity (Wildman–Crippen MR) is 83.4 cm³/mol. The average Bonchev–Trinajstić information content (AvgIpc) is 2.51. The summed E-state index contributed by atoms with van der Waals surface area (Å²) >= 11 is 0. The highest BCUT2D eigenvalue weighted by Crippen LogP contribution is 2.13. The lowest BCUT2D eigenvalue weighted by atomic mass is 9.99.